The Hall–Kier alpha value is -2.49. The molecule has 1 N–H and O–H groups in total. The molecule has 0 saturated heterocycles. The fraction of sp³-hybridized carbons (Fsp3) is 0.188. The highest BCUT2D eigenvalue weighted by Crippen LogP contribution is 2.15. The van der Waals surface area contributed by atoms with Crippen LogP contribution in [0.1, 0.15) is 18.4 Å². The summed E-state index contributed by atoms with van der Waals surface area (Å²) in [5, 5.41) is 2.76. The number of carbonyl (C=O) groups excluding carboxylic acids is 1. The fourth-order valence-corrected chi connectivity index (χ4v) is 1.69. The van der Waals surface area contributed by atoms with E-state index in [1.165, 1.54) is 6.08 Å². The monoisotopic (exact) mass is 271 g/mol. The summed E-state index contributed by atoms with van der Waals surface area (Å²) >= 11 is 0. The van der Waals surface area contributed by atoms with Crippen molar-refractivity contribution in [2.75, 3.05) is 12.4 Å². The molecule has 2 rings (SSSR count). The van der Waals surface area contributed by atoms with Crippen LogP contribution in [0, 0.1) is 0 Å². The molecule has 0 radical (unpaired) electrons. The predicted octanol–water partition coefficient (Wildman–Crippen LogP) is 3.50. The molecule has 0 aliphatic carbocycles. The third-order valence-electron chi connectivity index (χ3n) is 2.79. The molecule has 1 heterocycles. The SMILES string of the molecule is CCc1ccc(/C=C/C(=O)Nc2ccc(OC)cc2)o1. The Morgan fingerprint density at radius 1 is 1.25 bits per heavy atom. The van der Waals surface area contributed by atoms with Crippen LogP contribution >= 0.6 is 0 Å². The number of amides is 1. The molecule has 0 saturated carbocycles. The minimum absolute atomic E-state index is 0.204. The van der Waals surface area contributed by atoms with E-state index < -0.39 is 0 Å². The van der Waals surface area contributed by atoms with Crippen LogP contribution in [0.15, 0.2) is 46.9 Å². The minimum atomic E-state index is -0.204. The molecule has 0 bridgehead atoms. The van der Waals surface area contributed by atoms with Crippen LogP contribution in [0.5, 0.6) is 5.75 Å². The number of anilines is 1. The maximum Gasteiger partial charge on any atom is 0.248 e. The zero-order chi connectivity index (χ0) is 14.4. The van der Waals surface area contributed by atoms with Gasteiger partial charge in [-0.2, -0.15) is 0 Å². The first kappa shape index (κ1) is 13.9. The second-order valence-electron chi connectivity index (χ2n) is 4.21. The number of aryl methyl sites for hydroxylation is 1. The van der Waals surface area contributed by atoms with Crippen molar-refractivity contribution in [1.82, 2.24) is 0 Å². The number of carbonyl (C=O) groups is 1. The van der Waals surface area contributed by atoms with Gasteiger partial charge in [0.2, 0.25) is 5.91 Å². The third kappa shape index (κ3) is 3.75. The number of ether oxygens (including phenoxy) is 1. The maximum atomic E-state index is 11.7. The first-order chi connectivity index (χ1) is 9.71. The lowest BCUT2D eigenvalue weighted by molar-refractivity contribution is -0.111. The molecule has 0 fully saturated rings. The number of furan rings is 1. The molecular weight excluding hydrogens is 254 g/mol. The van der Waals surface area contributed by atoms with Crippen molar-refractivity contribution in [3.8, 4) is 5.75 Å². The predicted molar refractivity (Wildman–Crippen MR) is 78.7 cm³/mol. The second kappa shape index (κ2) is 6.61. The van der Waals surface area contributed by atoms with Crippen LogP contribution < -0.4 is 10.1 Å². The van der Waals surface area contributed by atoms with E-state index >= 15 is 0 Å². The van der Waals surface area contributed by atoms with Crippen LogP contribution in [0.2, 0.25) is 0 Å². The van der Waals surface area contributed by atoms with Gasteiger partial charge >= 0.3 is 0 Å². The highest BCUT2D eigenvalue weighted by Gasteiger charge is 2.00. The van der Waals surface area contributed by atoms with Crippen molar-refractivity contribution in [3.05, 3.63) is 54.0 Å². The van der Waals surface area contributed by atoms with Crippen LogP contribution in [-0.2, 0) is 11.2 Å². The molecule has 1 aromatic carbocycles. The normalized spacial score (nSPS) is 10.7. The average molecular weight is 271 g/mol. The van der Waals surface area contributed by atoms with Gasteiger partial charge in [-0.1, -0.05) is 6.92 Å². The van der Waals surface area contributed by atoms with Crippen molar-refractivity contribution < 1.29 is 13.9 Å². The summed E-state index contributed by atoms with van der Waals surface area (Å²) < 4.78 is 10.5. The molecule has 4 heteroatoms. The quantitative estimate of drug-likeness (QED) is 0.847. The van der Waals surface area contributed by atoms with Gasteiger partial charge in [0.05, 0.1) is 7.11 Å². The van der Waals surface area contributed by atoms with E-state index in [0.717, 1.165) is 17.9 Å². The van der Waals surface area contributed by atoms with E-state index in [1.54, 1.807) is 37.5 Å². The number of hydrogen-bond acceptors (Lipinski definition) is 3. The van der Waals surface area contributed by atoms with Gasteiger partial charge < -0.3 is 14.5 Å². The molecule has 0 unspecified atom stereocenters. The number of nitrogens with one attached hydrogen (secondary N) is 1. The molecule has 104 valence electrons. The smallest absolute Gasteiger partial charge is 0.248 e. The molecule has 2 aromatic rings. The van der Waals surface area contributed by atoms with Gasteiger partial charge in [-0.15, -0.1) is 0 Å². The van der Waals surface area contributed by atoms with Crippen LogP contribution in [-0.4, -0.2) is 13.0 Å². The lowest BCUT2D eigenvalue weighted by atomic mass is 10.3. The maximum absolute atomic E-state index is 11.7. The lowest BCUT2D eigenvalue weighted by Crippen LogP contribution is -2.07. The van der Waals surface area contributed by atoms with E-state index in [0.29, 0.717) is 11.4 Å². The Kier molecular flexibility index (Phi) is 4.60. The summed E-state index contributed by atoms with van der Waals surface area (Å²) in [6.45, 7) is 2.02. The number of benzene rings is 1. The van der Waals surface area contributed by atoms with E-state index in [1.807, 2.05) is 19.1 Å². The highest BCUT2D eigenvalue weighted by atomic mass is 16.5. The van der Waals surface area contributed by atoms with Gasteiger partial charge in [0.25, 0.3) is 0 Å². The first-order valence-corrected chi connectivity index (χ1v) is 6.43. The Balaban J connectivity index is 1.94. The zero-order valence-corrected chi connectivity index (χ0v) is 11.6. The van der Waals surface area contributed by atoms with Crippen molar-refractivity contribution in [2.24, 2.45) is 0 Å². The van der Waals surface area contributed by atoms with Crippen molar-refractivity contribution in [2.45, 2.75) is 13.3 Å². The molecule has 1 amide bonds. The Morgan fingerprint density at radius 2 is 2.00 bits per heavy atom. The van der Waals surface area contributed by atoms with E-state index in [4.69, 9.17) is 9.15 Å². The van der Waals surface area contributed by atoms with Gasteiger partial charge in [-0.25, -0.2) is 0 Å². The van der Waals surface area contributed by atoms with Crippen molar-refractivity contribution >= 4 is 17.7 Å². The summed E-state index contributed by atoms with van der Waals surface area (Å²) in [6.07, 6.45) is 3.94. The van der Waals surface area contributed by atoms with Crippen LogP contribution in [0.25, 0.3) is 6.08 Å². The lowest BCUT2D eigenvalue weighted by Gasteiger charge is -2.03. The van der Waals surface area contributed by atoms with Crippen molar-refractivity contribution in [3.63, 3.8) is 0 Å². The van der Waals surface area contributed by atoms with Crippen LogP contribution in [0.4, 0.5) is 5.69 Å². The summed E-state index contributed by atoms with van der Waals surface area (Å²) in [5.74, 6) is 2.12. The minimum Gasteiger partial charge on any atom is -0.497 e. The van der Waals surface area contributed by atoms with Gasteiger partial charge in [0.15, 0.2) is 0 Å². The molecule has 4 nitrogen and oxygen atoms in total. The molecule has 0 aliphatic heterocycles. The fourth-order valence-electron chi connectivity index (χ4n) is 1.69. The summed E-state index contributed by atoms with van der Waals surface area (Å²) in [5.41, 5.74) is 0.717. The molecule has 0 spiro atoms. The molecule has 0 aliphatic rings. The third-order valence-corrected chi connectivity index (χ3v) is 2.79. The number of hydrogen-bond donors (Lipinski definition) is 1. The summed E-state index contributed by atoms with van der Waals surface area (Å²) in [6, 6.07) is 10.9. The molecule has 0 atom stereocenters. The molecule has 1 aromatic heterocycles. The summed E-state index contributed by atoms with van der Waals surface area (Å²) in [4.78, 5) is 11.7. The standard InChI is InChI=1S/C16H17NO3/c1-3-13-8-9-15(20-13)10-11-16(18)17-12-4-6-14(19-2)7-5-12/h4-11H,3H2,1-2H3,(H,17,18)/b11-10+. The van der Waals surface area contributed by atoms with Gasteiger partial charge in [0, 0.05) is 18.2 Å². The average Bonchev–Trinajstić information content (AvgIpc) is 2.94. The molecule has 20 heavy (non-hydrogen) atoms. The first-order valence-electron chi connectivity index (χ1n) is 6.43. The topological polar surface area (TPSA) is 51.5 Å². The number of rotatable bonds is 5. The number of methoxy groups -OCH3 is 1. The van der Waals surface area contributed by atoms with Gasteiger partial charge in [-0.05, 0) is 42.5 Å². The van der Waals surface area contributed by atoms with Crippen LogP contribution in [0.3, 0.4) is 0 Å². The van der Waals surface area contributed by atoms with Gasteiger partial charge in [0.1, 0.15) is 17.3 Å². The Bertz CT molecular complexity index is 596. The Labute approximate surface area is 118 Å². The second-order valence-corrected chi connectivity index (χ2v) is 4.21. The Morgan fingerprint density at radius 3 is 2.60 bits per heavy atom. The molecular formula is C16H17NO3. The van der Waals surface area contributed by atoms with E-state index in [-0.39, 0.29) is 5.91 Å². The zero-order valence-electron chi connectivity index (χ0n) is 11.6. The van der Waals surface area contributed by atoms with Gasteiger partial charge in [-0.3, -0.25) is 4.79 Å². The summed E-state index contributed by atoms with van der Waals surface area (Å²) in [7, 11) is 1.60. The highest BCUT2D eigenvalue weighted by molar-refractivity contribution is 6.01. The van der Waals surface area contributed by atoms with Crippen molar-refractivity contribution in [1.29, 1.82) is 0 Å². The van der Waals surface area contributed by atoms with E-state index in [9.17, 15) is 4.79 Å². The van der Waals surface area contributed by atoms with E-state index in [2.05, 4.69) is 5.32 Å². The largest absolute Gasteiger partial charge is 0.497 e.